The summed E-state index contributed by atoms with van der Waals surface area (Å²) in [6.07, 6.45) is 19.1. The third-order valence-electron chi connectivity index (χ3n) is 8.40. The second kappa shape index (κ2) is 8.21. The van der Waals surface area contributed by atoms with Gasteiger partial charge < -0.3 is 4.42 Å². The molecule has 0 unspecified atom stereocenters. The number of pyridine rings is 1. The summed E-state index contributed by atoms with van der Waals surface area (Å²) in [6.45, 7) is 4.39. The van der Waals surface area contributed by atoms with Crippen molar-refractivity contribution in [2.24, 2.45) is 5.92 Å². The number of hydrogen-bond acceptors (Lipinski definition) is 2. The summed E-state index contributed by atoms with van der Waals surface area (Å²) < 4.78 is 6.50. The molecule has 0 amide bonds. The topological polar surface area (TPSA) is 26.0 Å². The molecule has 3 aliphatic rings. The molecule has 1 aromatic carbocycles. The maximum atomic E-state index is 6.50. The molecular weight excluding hydrogens is 390 g/mol. The van der Waals surface area contributed by atoms with Crippen LogP contribution in [0.1, 0.15) is 98.1 Å². The van der Waals surface area contributed by atoms with Crippen molar-refractivity contribution < 1.29 is 4.42 Å². The molecule has 2 nitrogen and oxygen atoms in total. The van der Waals surface area contributed by atoms with Crippen LogP contribution in [0.2, 0.25) is 0 Å². The van der Waals surface area contributed by atoms with Crippen LogP contribution in [0.5, 0.6) is 0 Å². The average molecular weight is 426 g/mol. The predicted molar refractivity (Wildman–Crippen MR) is 133 cm³/mol. The minimum absolute atomic E-state index is 0.657. The molecule has 3 aromatic rings. The van der Waals surface area contributed by atoms with Gasteiger partial charge in [0.1, 0.15) is 11.3 Å². The Labute approximate surface area is 192 Å². The lowest BCUT2D eigenvalue weighted by Crippen LogP contribution is -2.13. The van der Waals surface area contributed by atoms with Crippen LogP contribution in [-0.4, -0.2) is 4.98 Å². The highest BCUT2D eigenvalue weighted by Crippen LogP contribution is 2.45. The van der Waals surface area contributed by atoms with E-state index in [1.807, 2.05) is 6.20 Å². The zero-order chi connectivity index (χ0) is 21.7. The number of nitrogens with zero attached hydrogens (tertiary/aromatic N) is 1. The van der Waals surface area contributed by atoms with E-state index < -0.39 is 0 Å². The molecule has 0 radical (unpaired) electrons. The molecule has 2 heterocycles. The lowest BCUT2D eigenvalue weighted by atomic mass is 9.78. The van der Waals surface area contributed by atoms with Gasteiger partial charge in [0.2, 0.25) is 0 Å². The molecule has 166 valence electrons. The van der Waals surface area contributed by atoms with E-state index in [-0.39, 0.29) is 0 Å². The lowest BCUT2D eigenvalue weighted by Gasteiger charge is -2.28. The Morgan fingerprint density at radius 2 is 1.62 bits per heavy atom. The van der Waals surface area contributed by atoms with E-state index >= 15 is 0 Å². The molecule has 2 heteroatoms. The van der Waals surface area contributed by atoms with Crippen molar-refractivity contribution in [2.45, 2.75) is 90.4 Å². The lowest BCUT2D eigenvalue weighted by molar-refractivity contribution is 0.396. The Bertz CT molecular complexity index is 1190. The van der Waals surface area contributed by atoms with Gasteiger partial charge in [-0.1, -0.05) is 43.8 Å². The molecule has 3 aliphatic carbocycles. The first-order chi connectivity index (χ1) is 15.7. The number of rotatable bonds is 3. The van der Waals surface area contributed by atoms with Crippen LogP contribution in [0.3, 0.4) is 0 Å². The Hall–Kier alpha value is -2.35. The van der Waals surface area contributed by atoms with Crippen LogP contribution in [0, 0.1) is 19.8 Å². The molecule has 2 aromatic heterocycles. The third-order valence-corrected chi connectivity index (χ3v) is 8.40. The van der Waals surface area contributed by atoms with Gasteiger partial charge in [-0.25, -0.2) is 0 Å². The third kappa shape index (κ3) is 3.43. The van der Waals surface area contributed by atoms with Crippen molar-refractivity contribution in [1.82, 2.24) is 4.98 Å². The van der Waals surface area contributed by atoms with Crippen LogP contribution in [-0.2, 0) is 6.42 Å². The van der Waals surface area contributed by atoms with Crippen molar-refractivity contribution in [3.8, 4) is 11.3 Å². The van der Waals surface area contributed by atoms with Gasteiger partial charge in [-0.2, -0.15) is 0 Å². The molecule has 0 aliphatic heterocycles. The van der Waals surface area contributed by atoms with Crippen LogP contribution in [0.25, 0.3) is 28.3 Å². The molecule has 0 bridgehead atoms. The van der Waals surface area contributed by atoms with Crippen molar-refractivity contribution >= 4 is 17.0 Å². The second-order valence-electron chi connectivity index (χ2n) is 10.5. The fourth-order valence-electron chi connectivity index (χ4n) is 6.85. The van der Waals surface area contributed by atoms with E-state index in [0.717, 1.165) is 29.4 Å². The van der Waals surface area contributed by atoms with Gasteiger partial charge in [-0.3, -0.25) is 4.98 Å². The highest BCUT2D eigenvalue weighted by Gasteiger charge is 2.27. The van der Waals surface area contributed by atoms with E-state index in [4.69, 9.17) is 9.40 Å². The van der Waals surface area contributed by atoms with Gasteiger partial charge in [-0.15, -0.1) is 0 Å². The number of hydrogen-bond donors (Lipinski definition) is 0. The molecule has 0 spiro atoms. The molecule has 0 saturated heterocycles. The second-order valence-corrected chi connectivity index (χ2v) is 10.5. The van der Waals surface area contributed by atoms with Gasteiger partial charge in [0.05, 0.1) is 5.69 Å². The largest absolute Gasteiger partial charge is 0.460 e. The summed E-state index contributed by atoms with van der Waals surface area (Å²) in [6, 6.07) is 6.87. The van der Waals surface area contributed by atoms with Crippen molar-refractivity contribution in [2.75, 3.05) is 0 Å². The highest BCUT2D eigenvalue weighted by molar-refractivity contribution is 5.96. The quantitative estimate of drug-likeness (QED) is 0.419. The van der Waals surface area contributed by atoms with Gasteiger partial charge in [0, 0.05) is 22.7 Å². The number of aromatic nitrogens is 1. The van der Waals surface area contributed by atoms with Crippen LogP contribution in [0.4, 0.5) is 0 Å². The number of aryl methyl sites for hydroxylation is 2. The molecule has 0 atom stereocenters. The minimum atomic E-state index is 0.657. The van der Waals surface area contributed by atoms with Crippen LogP contribution >= 0.6 is 0 Å². The van der Waals surface area contributed by atoms with Crippen LogP contribution < -0.4 is 0 Å². The average Bonchev–Trinajstić information content (AvgIpc) is 3.45. The molecule has 2 fully saturated rings. The first-order valence-electron chi connectivity index (χ1n) is 12.9. The highest BCUT2D eigenvalue weighted by atomic mass is 16.3. The fourth-order valence-corrected chi connectivity index (χ4v) is 6.85. The fraction of sp³-hybridized carbons (Fsp3) is 0.500. The summed E-state index contributed by atoms with van der Waals surface area (Å²) in [7, 11) is 0. The summed E-state index contributed by atoms with van der Waals surface area (Å²) in [5.41, 5.74) is 10.6. The number of benzene rings is 1. The molecule has 0 N–H and O–H groups in total. The number of furan rings is 1. The zero-order valence-electron chi connectivity index (χ0n) is 19.7. The monoisotopic (exact) mass is 425 g/mol. The molecule has 6 rings (SSSR count). The SMILES string of the molecule is Cc1cc(-c2nccc3c2CCC(C2CCCCC2)=C3)c2oc(C)c(C3CCCC3)c2c1. The summed E-state index contributed by atoms with van der Waals surface area (Å²) >= 11 is 0. The van der Waals surface area contributed by atoms with Gasteiger partial charge in [0.15, 0.2) is 0 Å². The Morgan fingerprint density at radius 1 is 0.875 bits per heavy atom. The zero-order valence-corrected chi connectivity index (χ0v) is 19.7. The standard InChI is InChI=1S/C30H35NO/c1-19-16-26-28(22-10-6-7-11-22)20(2)32-30(26)27(17-19)29-25-13-12-23(18-24(25)14-15-31-29)21-8-4-3-5-9-21/h14-18,21-22H,3-13H2,1-2H3. The van der Waals surface area contributed by atoms with E-state index in [1.165, 1.54) is 97.4 Å². The van der Waals surface area contributed by atoms with E-state index in [1.54, 1.807) is 5.57 Å². The van der Waals surface area contributed by atoms with E-state index in [9.17, 15) is 0 Å². The van der Waals surface area contributed by atoms with E-state index in [2.05, 4.69) is 38.1 Å². The summed E-state index contributed by atoms with van der Waals surface area (Å²) in [5.74, 6) is 2.58. The first kappa shape index (κ1) is 20.3. The molecule has 32 heavy (non-hydrogen) atoms. The van der Waals surface area contributed by atoms with E-state index in [0.29, 0.717) is 5.92 Å². The Balaban J connectivity index is 1.46. The first-order valence-corrected chi connectivity index (χ1v) is 12.9. The number of fused-ring (bicyclic) bond motifs is 2. The van der Waals surface area contributed by atoms with Gasteiger partial charge >= 0.3 is 0 Å². The summed E-state index contributed by atoms with van der Waals surface area (Å²) in [4.78, 5) is 4.94. The van der Waals surface area contributed by atoms with Crippen molar-refractivity contribution in [1.29, 1.82) is 0 Å². The Morgan fingerprint density at radius 3 is 2.44 bits per heavy atom. The normalized spacial score (nSPS) is 20.0. The smallest absolute Gasteiger partial charge is 0.143 e. The molecule has 2 saturated carbocycles. The number of allylic oxidation sites excluding steroid dienone is 1. The van der Waals surface area contributed by atoms with Crippen LogP contribution in [0.15, 0.2) is 34.4 Å². The van der Waals surface area contributed by atoms with Crippen molar-refractivity contribution in [3.63, 3.8) is 0 Å². The van der Waals surface area contributed by atoms with Gasteiger partial charge in [-0.05, 0) is 99.1 Å². The van der Waals surface area contributed by atoms with Crippen molar-refractivity contribution in [3.05, 3.63) is 58.0 Å². The maximum absolute atomic E-state index is 6.50. The van der Waals surface area contributed by atoms with Gasteiger partial charge in [0.25, 0.3) is 0 Å². The maximum Gasteiger partial charge on any atom is 0.143 e. The Kier molecular flexibility index (Phi) is 5.20. The molecular formula is C30H35NO. The minimum Gasteiger partial charge on any atom is -0.460 e. The summed E-state index contributed by atoms with van der Waals surface area (Å²) in [5, 5.41) is 1.33. The predicted octanol–water partition coefficient (Wildman–Crippen LogP) is 8.68.